The van der Waals surface area contributed by atoms with Gasteiger partial charge in [-0.25, -0.2) is 0 Å². The van der Waals surface area contributed by atoms with Gasteiger partial charge in [0, 0.05) is 10.0 Å². The zero-order valence-corrected chi connectivity index (χ0v) is 10.8. The summed E-state index contributed by atoms with van der Waals surface area (Å²) < 4.78 is 38.5. The Labute approximate surface area is 105 Å². The first-order valence-corrected chi connectivity index (χ1v) is 5.57. The number of ketones is 1. The van der Waals surface area contributed by atoms with Crippen LogP contribution in [-0.4, -0.2) is 5.78 Å². The lowest BCUT2D eigenvalue weighted by atomic mass is 10.0. The lowest BCUT2D eigenvalue weighted by molar-refractivity contribution is -0.137. The minimum absolute atomic E-state index is 0.290. The number of hydrogen-bond acceptors (Lipinski definition) is 1. The predicted molar refractivity (Wildman–Crippen MR) is 62.9 cm³/mol. The smallest absolute Gasteiger partial charge is 0.289 e. The molecule has 92 valence electrons. The summed E-state index contributed by atoms with van der Waals surface area (Å²) in [7, 11) is 0. The van der Waals surface area contributed by atoms with E-state index in [1.807, 2.05) is 0 Å². The van der Waals surface area contributed by atoms with E-state index in [0.717, 1.165) is 6.07 Å². The molecule has 0 N–H and O–H groups in total. The van der Waals surface area contributed by atoms with Crippen molar-refractivity contribution in [1.82, 2.24) is 0 Å². The summed E-state index contributed by atoms with van der Waals surface area (Å²) >= 11 is 2.96. The second kappa shape index (κ2) is 5.04. The molecule has 0 bridgehead atoms. The average Bonchev–Trinajstić information content (AvgIpc) is 2.14. The van der Waals surface area contributed by atoms with Crippen LogP contribution < -0.4 is 0 Å². The minimum Gasteiger partial charge on any atom is -0.289 e. The molecule has 0 aromatic heterocycles. The van der Waals surface area contributed by atoms with E-state index >= 15 is 0 Å². The van der Waals surface area contributed by atoms with Gasteiger partial charge in [-0.3, -0.25) is 4.79 Å². The van der Waals surface area contributed by atoms with Crippen LogP contribution in [0.15, 0.2) is 34.3 Å². The Balaban J connectivity index is 3.34. The van der Waals surface area contributed by atoms with Crippen molar-refractivity contribution in [3.8, 4) is 0 Å². The Kier molecular flexibility index (Phi) is 4.14. The molecule has 0 aliphatic heterocycles. The van der Waals surface area contributed by atoms with E-state index in [1.165, 1.54) is 18.2 Å². The topological polar surface area (TPSA) is 17.1 Å². The second-order valence-corrected chi connectivity index (χ2v) is 4.69. The van der Waals surface area contributed by atoms with Gasteiger partial charge in [-0.1, -0.05) is 21.5 Å². The normalized spacial score (nSPS) is 11.2. The number of halogens is 4. The zero-order chi connectivity index (χ0) is 13.2. The van der Waals surface area contributed by atoms with Crippen molar-refractivity contribution in [3.05, 3.63) is 45.4 Å². The summed E-state index contributed by atoms with van der Waals surface area (Å²) in [6, 6.07) is 3.50. The summed E-state index contributed by atoms with van der Waals surface area (Å²) in [6.45, 7) is 3.31. The van der Waals surface area contributed by atoms with Crippen molar-refractivity contribution < 1.29 is 18.0 Å². The number of carbonyl (C=O) groups is 1. The molecule has 17 heavy (non-hydrogen) atoms. The van der Waals surface area contributed by atoms with Crippen LogP contribution in [0.2, 0.25) is 0 Å². The molecule has 1 aromatic carbocycles. The maximum absolute atomic E-state index is 12.7. The first kappa shape index (κ1) is 14.0. The first-order valence-electron chi connectivity index (χ1n) is 4.78. The quantitative estimate of drug-likeness (QED) is 0.576. The fourth-order valence-electron chi connectivity index (χ4n) is 1.31. The molecule has 0 saturated carbocycles. The Hall–Kier alpha value is -1.10. The van der Waals surface area contributed by atoms with Crippen molar-refractivity contribution in [2.24, 2.45) is 0 Å². The van der Waals surface area contributed by atoms with Gasteiger partial charge < -0.3 is 0 Å². The zero-order valence-electron chi connectivity index (χ0n) is 9.23. The predicted octanol–water partition coefficient (Wildman–Crippen LogP) is 4.62. The van der Waals surface area contributed by atoms with Crippen LogP contribution in [0.4, 0.5) is 13.2 Å². The van der Waals surface area contributed by atoms with Crippen molar-refractivity contribution in [3.63, 3.8) is 0 Å². The summed E-state index contributed by atoms with van der Waals surface area (Å²) in [5.41, 5.74) is -0.595. The van der Waals surface area contributed by atoms with Crippen LogP contribution in [0.1, 0.15) is 29.8 Å². The number of rotatable bonds is 2. The van der Waals surface area contributed by atoms with Gasteiger partial charge in [0.25, 0.3) is 0 Å². The van der Waals surface area contributed by atoms with Crippen LogP contribution in [0, 0.1) is 0 Å². The molecule has 0 saturated heterocycles. The number of alkyl halides is 3. The van der Waals surface area contributed by atoms with Crippen molar-refractivity contribution in [2.45, 2.75) is 20.0 Å². The van der Waals surface area contributed by atoms with E-state index in [0.29, 0.717) is 10.0 Å². The van der Waals surface area contributed by atoms with Crippen molar-refractivity contribution in [1.29, 1.82) is 0 Å². The van der Waals surface area contributed by atoms with Gasteiger partial charge in [0.05, 0.1) is 5.56 Å². The molecule has 0 spiro atoms. The van der Waals surface area contributed by atoms with Crippen LogP contribution >= 0.6 is 15.9 Å². The maximum Gasteiger partial charge on any atom is 0.417 e. The van der Waals surface area contributed by atoms with Gasteiger partial charge in [0.2, 0.25) is 0 Å². The van der Waals surface area contributed by atoms with E-state index in [4.69, 9.17) is 0 Å². The van der Waals surface area contributed by atoms with Gasteiger partial charge in [0.1, 0.15) is 0 Å². The van der Waals surface area contributed by atoms with Crippen molar-refractivity contribution >= 4 is 21.7 Å². The SMILES string of the molecule is CC(C)=CC(=O)c1ccc(Br)cc1C(F)(F)F. The van der Waals surface area contributed by atoms with Crippen LogP contribution in [0.25, 0.3) is 0 Å². The molecule has 1 nitrogen and oxygen atoms in total. The molecular weight excluding hydrogens is 297 g/mol. The molecule has 0 fully saturated rings. The molecular formula is C12H10BrF3O. The number of carbonyl (C=O) groups excluding carboxylic acids is 1. The Morgan fingerprint density at radius 2 is 1.88 bits per heavy atom. The maximum atomic E-state index is 12.7. The molecule has 0 aliphatic rings. The minimum atomic E-state index is -4.54. The number of hydrogen-bond donors (Lipinski definition) is 0. The van der Waals surface area contributed by atoms with E-state index in [2.05, 4.69) is 15.9 Å². The highest BCUT2D eigenvalue weighted by atomic mass is 79.9. The molecule has 0 unspecified atom stereocenters. The van der Waals surface area contributed by atoms with Crippen LogP contribution in [0.3, 0.4) is 0 Å². The molecule has 0 atom stereocenters. The van der Waals surface area contributed by atoms with Crippen molar-refractivity contribution in [2.75, 3.05) is 0 Å². The molecule has 0 aliphatic carbocycles. The fourth-order valence-corrected chi connectivity index (χ4v) is 1.67. The summed E-state index contributed by atoms with van der Waals surface area (Å²) in [5, 5.41) is 0. The number of allylic oxidation sites excluding steroid dienone is 2. The monoisotopic (exact) mass is 306 g/mol. The van der Waals surface area contributed by atoms with E-state index in [1.54, 1.807) is 13.8 Å². The van der Waals surface area contributed by atoms with Gasteiger partial charge in [0.15, 0.2) is 5.78 Å². The highest BCUT2D eigenvalue weighted by Crippen LogP contribution is 2.34. The molecule has 1 rings (SSSR count). The highest BCUT2D eigenvalue weighted by molar-refractivity contribution is 9.10. The summed E-state index contributed by atoms with van der Waals surface area (Å²) in [5.74, 6) is -0.634. The Morgan fingerprint density at radius 1 is 1.29 bits per heavy atom. The first-order chi connectivity index (χ1) is 7.71. The Morgan fingerprint density at radius 3 is 2.35 bits per heavy atom. The van der Waals surface area contributed by atoms with Crippen LogP contribution in [-0.2, 0) is 6.18 Å². The molecule has 1 aromatic rings. The fraction of sp³-hybridized carbons (Fsp3) is 0.250. The molecule has 0 heterocycles. The third-order valence-corrected chi connectivity index (χ3v) is 2.47. The van der Waals surface area contributed by atoms with Gasteiger partial charge in [-0.15, -0.1) is 0 Å². The average molecular weight is 307 g/mol. The van der Waals surface area contributed by atoms with E-state index in [9.17, 15) is 18.0 Å². The van der Waals surface area contributed by atoms with Gasteiger partial charge in [-0.2, -0.15) is 13.2 Å². The molecule has 0 radical (unpaired) electrons. The third kappa shape index (κ3) is 3.70. The largest absolute Gasteiger partial charge is 0.417 e. The summed E-state index contributed by atoms with van der Waals surface area (Å²) in [4.78, 5) is 11.6. The Bertz CT molecular complexity index is 471. The highest BCUT2D eigenvalue weighted by Gasteiger charge is 2.34. The van der Waals surface area contributed by atoms with E-state index < -0.39 is 17.5 Å². The second-order valence-electron chi connectivity index (χ2n) is 3.77. The van der Waals surface area contributed by atoms with E-state index in [-0.39, 0.29) is 5.56 Å². The third-order valence-electron chi connectivity index (χ3n) is 1.97. The van der Waals surface area contributed by atoms with Gasteiger partial charge in [-0.05, 0) is 38.1 Å². The molecule has 0 amide bonds. The molecule has 5 heteroatoms. The number of benzene rings is 1. The standard InChI is InChI=1S/C12H10BrF3O/c1-7(2)5-11(17)9-4-3-8(13)6-10(9)12(14,15)16/h3-6H,1-2H3. The lowest BCUT2D eigenvalue weighted by Crippen LogP contribution is -2.12. The summed E-state index contributed by atoms with van der Waals surface area (Å²) in [6.07, 6.45) is -3.34. The lowest BCUT2D eigenvalue weighted by Gasteiger charge is -2.11. The van der Waals surface area contributed by atoms with Crippen LogP contribution in [0.5, 0.6) is 0 Å². The van der Waals surface area contributed by atoms with Gasteiger partial charge >= 0.3 is 6.18 Å².